The van der Waals surface area contributed by atoms with Crippen molar-refractivity contribution in [2.75, 3.05) is 19.8 Å². The number of nitrogens with one attached hydrogen (secondary N) is 1. The van der Waals surface area contributed by atoms with E-state index in [2.05, 4.69) is 55.6 Å². The van der Waals surface area contributed by atoms with E-state index in [9.17, 15) is 45.6 Å². The summed E-state index contributed by atoms with van der Waals surface area (Å²) < 4.78 is 22.9. The number of ether oxygens (including phenoxy) is 4. The molecule has 2 heterocycles. The van der Waals surface area contributed by atoms with E-state index in [1.165, 1.54) is 321 Å². The third-order valence-corrected chi connectivity index (χ3v) is 21.0. The Labute approximate surface area is 614 Å². The van der Waals surface area contributed by atoms with E-state index in [0.29, 0.717) is 6.42 Å². The molecule has 100 heavy (non-hydrogen) atoms. The predicted octanol–water partition coefficient (Wildman–Crippen LogP) is 20.1. The van der Waals surface area contributed by atoms with Gasteiger partial charge in [0.1, 0.15) is 48.8 Å². The van der Waals surface area contributed by atoms with E-state index in [4.69, 9.17) is 18.9 Å². The van der Waals surface area contributed by atoms with E-state index >= 15 is 0 Å². The number of unbranched alkanes of at least 4 members (excludes halogenated alkanes) is 54. The Kier molecular flexibility index (Phi) is 65.8. The van der Waals surface area contributed by atoms with Crippen LogP contribution in [0.2, 0.25) is 0 Å². The zero-order valence-electron chi connectivity index (χ0n) is 64.7. The van der Waals surface area contributed by atoms with Crippen LogP contribution in [0.4, 0.5) is 0 Å². The average Bonchev–Trinajstić information content (AvgIpc) is 0.796. The topological polar surface area (TPSA) is 228 Å². The molecule has 2 fully saturated rings. The third kappa shape index (κ3) is 52.0. The predicted molar refractivity (Wildman–Crippen MR) is 415 cm³/mol. The number of carbonyl (C=O) groups excluding carboxylic acids is 1. The zero-order valence-corrected chi connectivity index (χ0v) is 64.7. The molecule has 0 aliphatic carbocycles. The van der Waals surface area contributed by atoms with Crippen molar-refractivity contribution in [3.8, 4) is 0 Å². The molecule has 9 N–H and O–H groups in total. The molecule has 12 atom stereocenters. The van der Waals surface area contributed by atoms with Gasteiger partial charge in [-0.1, -0.05) is 383 Å². The van der Waals surface area contributed by atoms with Gasteiger partial charge in [-0.05, 0) is 57.8 Å². The van der Waals surface area contributed by atoms with Crippen LogP contribution in [0.25, 0.3) is 0 Å². The lowest BCUT2D eigenvalue weighted by molar-refractivity contribution is -0.359. The van der Waals surface area contributed by atoms with Crippen LogP contribution in [0.5, 0.6) is 0 Å². The molecule has 2 aliphatic rings. The van der Waals surface area contributed by atoms with Gasteiger partial charge in [0.05, 0.1) is 32.0 Å². The highest BCUT2D eigenvalue weighted by molar-refractivity contribution is 5.76. The third-order valence-electron chi connectivity index (χ3n) is 21.0. The molecule has 0 radical (unpaired) electrons. The van der Waals surface area contributed by atoms with E-state index in [1.807, 2.05) is 6.08 Å². The van der Waals surface area contributed by atoms with Gasteiger partial charge in [0, 0.05) is 6.42 Å². The average molecular weight is 1420 g/mol. The fraction of sp³-hybridized carbons (Fsp3) is 0.895. The highest BCUT2D eigenvalue weighted by atomic mass is 16.7. The molecular formula is C86H161NO13. The molecule has 0 saturated carbocycles. The molecule has 0 aromatic rings. The van der Waals surface area contributed by atoms with Crippen LogP contribution in [0.1, 0.15) is 399 Å². The first-order valence-electron chi connectivity index (χ1n) is 42.9. The first kappa shape index (κ1) is 94.0. The molecule has 0 aromatic carbocycles. The van der Waals surface area contributed by atoms with Crippen LogP contribution in [0.3, 0.4) is 0 Å². The van der Waals surface area contributed by atoms with Crippen LogP contribution in [0, 0.1) is 0 Å². The maximum absolute atomic E-state index is 13.4. The van der Waals surface area contributed by atoms with E-state index < -0.39 is 86.8 Å². The number of rotatable bonds is 73. The minimum Gasteiger partial charge on any atom is -0.394 e. The SMILES string of the molecule is CCCCCCC/C=C\C/C=C\C/C=C\CCCCCCCCCCCCCCCCCCCCCCCCCCC(=O)NC(COC1OC(CO)C(OC2OC(CO)C(O)C(O)C2O)C(O)C1O)C(O)/C=C/CCCCCCCCCCCCCCCCCCCCCCCCCCC. The van der Waals surface area contributed by atoms with Crippen LogP contribution in [-0.4, -0.2) is 140 Å². The summed E-state index contributed by atoms with van der Waals surface area (Å²) in [6.45, 7) is 2.85. The summed E-state index contributed by atoms with van der Waals surface area (Å²) >= 11 is 0. The molecular weight excluding hydrogens is 1250 g/mol. The van der Waals surface area contributed by atoms with Crippen molar-refractivity contribution in [2.24, 2.45) is 0 Å². The highest BCUT2D eigenvalue weighted by Crippen LogP contribution is 2.30. The van der Waals surface area contributed by atoms with Crippen molar-refractivity contribution in [3.63, 3.8) is 0 Å². The summed E-state index contributed by atoms with van der Waals surface area (Å²) in [6.07, 6.45) is 77.8. The number of hydrogen-bond acceptors (Lipinski definition) is 13. The van der Waals surface area contributed by atoms with Crippen molar-refractivity contribution in [1.29, 1.82) is 0 Å². The second kappa shape index (κ2) is 70.0. The maximum atomic E-state index is 13.4. The van der Waals surface area contributed by atoms with E-state index in [-0.39, 0.29) is 18.9 Å². The molecule has 12 unspecified atom stereocenters. The Morgan fingerprint density at radius 1 is 0.360 bits per heavy atom. The summed E-state index contributed by atoms with van der Waals surface area (Å²) in [5.41, 5.74) is 0. The number of hydrogen-bond donors (Lipinski definition) is 9. The zero-order chi connectivity index (χ0) is 72.2. The molecule has 588 valence electrons. The van der Waals surface area contributed by atoms with Crippen molar-refractivity contribution in [2.45, 2.75) is 473 Å². The lowest BCUT2D eigenvalue weighted by Gasteiger charge is -2.46. The maximum Gasteiger partial charge on any atom is 0.220 e. The first-order valence-corrected chi connectivity index (χ1v) is 42.9. The van der Waals surface area contributed by atoms with E-state index in [1.54, 1.807) is 6.08 Å². The number of aliphatic hydroxyl groups excluding tert-OH is 8. The molecule has 14 nitrogen and oxygen atoms in total. The van der Waals surface area contributed by atoms with Crippen LogP contribution < -0.4 is 5.32 Å². The number of allylic oxidation sites excluding steroid dienone is 7. The van der Waals surface area contributed by atoms with Crippen molar-refractivity contribution < 1.29 is 64.6 Å². The van der Waals surface area contributed by atoms with Crippen LogP contribution in [-0.2, 0) is 23.7 Å². The number of carbonyl (C=O) groups is 1. The highest BCUT2D eigenvalue weighted by Gasteiger charge is 2.51. The fourth-order valence-corrected chi connectivity index (χ4v) is 14.2. The van der Waals surface area contributed by atoms with Gasteiger partial charge in [-0.3, -0.25) is 4.79 Å². The van der Waals surface area contributed by atoms with Gasteiger partial charge >= 0.3 is 0 Å². The Balaban J connectivity index is 1.57. The molecule has 2 saturated heterocycles. The van der Waals surface area contributed by atoms with Gasteiger partial charge < -0.3 is 65.1 Å². The number of aliphatic hydroxyl groups is 8. The van der Waals surface area contributed by atoms with Crippen LogP contribution in [0.15, 0.2) is 48.6 Å². The standard InChI is InChI=1S/C86H161NO13/c1-3-5-7-9-11-13-15-17-19-21-23-25-27-29-31-32-33-34-35-36-37-38-39-40-41-42-44-46-48-50-52-54-56-58-60-62-64-66-68-70-78(91)87-74(73-97-85-83(96)81(94)84(77(72-89)99-85)100-86-82(95)80(93)79(92)76(71-88)98-86)75(90)69-67-65-63-61-59-57-55-53-51-49-47-45-43-30-28-26-24-22-20-18-16-14-12-10-8-6-4-2/h15,17,21,23,27,29,67,69,74-77,79-86,88-90,92-96H,3-14,16,18-20,22,24-26,28,30-66,68,70-73H2,1-2H3,(H,87,91)/b17-15-,23-21-,29-27-,69-67+. The normalized spacial score (nSPS) is 22.0. The fourth-order valence-electron chi connectivity index (χ4n) is 14.2. The quantitative estimate of drug-likeness (QED) is 0.0204. The Bertz CT molecular complexity index is 1870. The Morgan fingerprint density at radius 3 is 1.01 bits per heavy atom. The molecule has 1 amide bonds. The molecule has 0 aromatic heterocycles. The van der Waals surface area contributed by atoms with Gasteiger partial charge in [0.2, 0.25) is 5.91 Å². The molecule has 0 bridgehead atoms. The second-order valence-electron chi connectivity index (χ2n) is 30.3. The molecule has 14 heteroatoms. The Morgan fingerprint density at radius 2 is 0.660 bits per heavy atom. The summed E-state index contributed by atoms with van der Waals surface area (Å²) in [4.78, 5) is 13.4. The van der Waals surface area contributed by atoms with Crippen LogP contribution >= 0.6 is 0 Å². The monoisotopic (exact) mass is 1420 g/mol. The molecule has 2 rings (SSSR count). The van der Waals surface area contributed by atoms with Crippen molar-refractivity contribution >= 4 is 5.91 Å². The van der Waals surface area contributed by atoms with Gasteiger partial charge in [-0.2, -0.15) is 0 Å². The minimum atomic E-state index is -1.79. The summed E-state index contributed by atoms with van der Waals surface area (Å²) in [5, 5.41) is 87.8. The van der Waals surface area contributed by atoms with Crippen molar-refractivity contribution in [3.05, 3.63) is 48.6 Å². The van der Waals surface area contributed by atoms with E-state index in [0.717, 1.165) is 51.4 Å². The summed E-state index contributed by atoms with van der Waals surface area (Å²) in [7, 11) is 0. The van der Waals surface area contributed by atoms with Crippen molar-refractivity contribution in [1.82, 2.24) is 5.32 Å². The summed E-state index contributed by atoms with van der Waals surface area (Å²) in [6, 6.07) is -0.916. The number of amides is 1. The van der Waals surface area contributed by atoms with Gasteiger partial charge in [-0.15, -0.1) is 0 Å². The molecule has 0 spiro atoms. The largest absolute Gasteiger partial charge is 0.394 e. The first-order chi connectivity index (χ1) is 49.1. The van der Waals surface area contributed by atoms with Gasteiger partial charge in [0.25, 0.3) is 0 Å². The van der Waals surface area contributed by atoms with Gasteiger partial charge in [-0.25, -0.2) is 0 Å². The summed E-state index contributed by atoms with van der Waals surface area (Å²) in [5.74, 6) is -0.231. The lowest BCUT2D eigenvalue weighted by atomic mass is 9.97. The van der Waals surface area contributed by atoms with Gasteiger partial charge in [0.15, 0.2) is 12.6 Å². The lowest BCUT2D eigenvalue weighted by Crippen LogP contribution is -2.65. The second-order valence-corrected chi connectivity index (χ2v) is 30.3. The smallest absolute Gasteiger partial charge is 0.220 e. The molecule has 2 aliphatic heterocycles. The Hall–Kier alpha value is -2.05. The minimum absolute atomic E-state index is 0.231.